The molecule has 1 aliphatic heterocycles. The van der Waals surface area contributed by atoms with E-state index in [2.05, 4.69) is 10.6 Å². The Labute approximate surface area is 214 Å². The molecule has 36 heavy (non-hydrogen) atoms. The first kappa shape index (κ1) is 32.1. The number of nitrogens with one attached hydrogen (secondary N) is 2. The molecule has 1 saturated heterocycles. The minimum Gasteiger partial charge on any atom is -0.390 e. The number of carbonyl (C=O) groups excluding carboxylic acids is 4. The fourth-order valence-corrected chi connectivity index (χ4v) is 4.34. The molecule has 1 heterocycles. The van der Waals surface area contributed by atoms with Crippen molar-refractivity contribution in [2.45, 2.75) is 110 Å². The van der Waals surface area contributed by atoms with E-state index in [1.165, 1.54) is 14.0 Å². The molecule has 1 fully saturated rings. The highest BCUT2D eigenvalue weighted by Gasteiger charge is 2.45. The first-order valence-electron chi connectivity index (χ1n) is 13.1. The molecular formula is C26H46N2O8. The van der Waals surface area contributed by atoms with Crippen LogP contribution in [0.15, 0.2) is 0 Å². The van der Waals surface area contributed by atoms with Gasteiger partial charge in [0.25, 0.3) is 5.91 Å². The third-order valence-corrected chi connectivity index (χ3v) is 6.79. The van der Waals surface area contributed by atoms with Gasteiger partial charge >= 0.3 is 0 Å². The molecule has 0 saturated carbocycles. The molecule has 7 atom stereocenters. The number of ether oxygens (including phenoxy) is 2. The third kappa shape index (κ3) is 9.88. The Bertz CT molecular complexity index is 727. The van der Waals surface area contributed by atoms with Crippen molar-refractivity contribution in [2.24, 2.45) is 17.8 Å². The highest BCUT2D eigenvalue weighted by atomic mass is 16.7. The minimum absolute atomic E-state index is 0.0647. The SMILES string of the molecule is CCCCC(=O)N[C@H](C(=O)C[C@@H](CCCCNC(=O)[C@H]1O[C@@H](OC)[C@H](C)[C@@H](O)[C@@H]1O)C(C)=O)C(C)C. The monoisotopic (exact) mass is 514 g/mol. The molecule has 0 spiro atoms. The van der Waals surface area contributed by atoms with E-state index >= 15 is 0 Å². The summed E-state index contributed by atoms with van der Waals surface area (Å²) >= 11 is 0. The molecule has 0 aromatic heterocycles. The second-order valence-corrected chi connectivity index (χ2v) is 10.2. The number of hydrogen-bond donors (Lipinski definition) is 4. The van der Waals surface area contributed by atoms with Gasteiger partial charge in [0.05, 0.1) is 12.1 Å². The zero-order valence-electron chi connectivity index (χ0n) is 22.6. The summed E-state index contributed by atoms with van der Waals surface area (Å²) in [5, 5.41) is 25.9. The second kappa shape index (κ2) is 16.1. The Morgan fingerprint density at radius 3 is 2.28 bits per heavy atom. The summed E-state index contributed by atoms with van der Waals surface area (Å²) in [7, 11) is 1.40. The van der Waals surface area contributed by atoms with E-state index in [-0.39, 0.29) is 36.4 Å². The normalized spacial score (nSPS) is 25.8. The van der Waals surface area contributed by atoms with Gasteiger partial charge in [0.2, 0.25) is 5.91 Å². The molecule has 0 aromatic carbocycles. The lowest BCUT2D eigenvalue weighted by molar-refractivity contribution is -0.263. The predicted octanol–water partition coefficient (Wildman–Crippen LogP) is 1.50. The molecule has 208 valence electrons. The average molecular weight is 515 g/mol. The molecular weight excluding hydrogens is 468 g/mol. The van der Waals surface area contributed by atoms with Crippen LogP contribution in [0.2, 0.25) is 0 Å². The Balaban J connectivity index is 2.52. The number of hydrogen-bond acceptors (Lipinski definition) is 8. The smallest absolute Gasteiger partial charge is 0.252 e. The van der Waals surface area contributed by atoms with E-state index in [0.29, 0.717) is 25.7 Å². The molecule has 10 nitrogen and oxygen atoms in total. The van der Waals surface area contributed by atoms with E-state index in [1.807, 2.05) is 20.8 Å². The Morgan fingerprint density at radius 1 is 1.06 bits per heavy atom. The molecule has 0 aliphatic carbocycles. The summed E-state index contributed by atoms with van der Waals surface area (Å²) < 4.78 is 10.6. The van der Waals surface area contributed by atoms with Gasteiger partial charge in [-0.3, -0.25) is 19.2 Å². The molecule has 0 unspecified atom stereocenters. The van der Waals surface area contributed by atoms with Crippen LogP contribution in [0.5, 0.6) is 0 Å². The highest BCUT2D eigenvalue weighted by molar-refractivity contribution is 5.92. The lowest BCUT2D eigenvalue weighted by Crippen LogP contribution is -2.59. The molecule has 2 amide bonds. The van der Waals surface area contributed by atoms with E-state index < -0.39 is 48.4 Å². The number of unbranched alkanes of at least 4 members (excludes halogenated alkanes) is 2. The minimum atomic E-state index is -1.36. The van der Waals surface area contributed by atoms with Crippen LogP contribution in [0, 0.1) is 17.8 Å². The topological polar surface area (TPSA) is 151 Å². The summed E-state index contributed by atoms with van der Waals surface area (Å²) in [4.78, 5) is 49.7. The fraction of sp³-hybridized carbons (Fsp3) is 0.846. The predicted molar refractivity (Wildman–Crippen MR) is 134 cm³/mol. The van der Waals surface area contributed by atoms with Crippen LogP contribution in [0.4, 0.5) is 0 Å². The Morgan fingerprint density at radius 2 is 1.72 bits per heavy atom. The van der Waals surface area contributed by atoms with Gasteiger partial charge in [0.15, 0.2) is 18.2 Å². The van der Waals surface area contributed by atoms with Crippen LogP contribution in [-0.4, -0.2) is 77.9 Å². The molecule has 10 heteroatoms. The van der Waals surface area contributed by atoms with E-state index in [4.69, 9.17) is 9.47 Å². The number of Topliss-reactive ketones (excluding diaryl/α,β-unsaturated/α-hetero) is 2. The second-order valence-electron chi connectivity index (χ2n) is 10.2. The summed E-state index contributed by atoms with van der Waals surface area (Å²) in [5.41, 5.74) is 0. The van der Waals surface area contributed by atoms with Crippen molar-refractivity contribution in [3.8, 4) is 0 Å². The first-order valence-corrected chi connectivity index (χ1v) is 13.1. The van der Waals surface area contributed by atoms with Gasteiger partial charge in [-0.15, -0.1) is 0 Å². The maximum absolute atomic E-state index is 12.9. The van der Waals surface area contributed by atoms with Gasteiger partial charge in [0.1, 0.15) is 11.9 Å². The highest BCUT2D eigenvalue weighted by Crippen LogP contribution is 2.26. The van der Waals surface area contributed by atoms with Gasteiger partial charge in [0, 0.05) is 38.3 Å². The van der Waals surface area contributed by atoms with Gasteiger partial charge < -0.3 is 30.3 Å². The van der Waals surface area contributed by atoms with Crippen LogP contribution in [0.1, 0.15) is 79.6 Å². The zero-order chi connectivity index (χ0) is 27.4. The largest absolute Gasteiger partial charge is 0.390 e. The van der Waals surface area contributed by atoms with Crippen molar-refractivity contribution in [1.82, 2.24) is 10.6 Å². The molecule has 1 aliphatic rings. The van der Waals surface area contributed by atoms with Crippen molar-refractivity contribution in [3.63, 3.8) is 0 Å². The molecule has 0 aromatic rings. The molecule has 1 rings (SSSR count). The van der Waals surface area contributed by atoms with E-state index in [1.54, 1.807) is 6.92 Å². The number of ketones is 2. The summed E-state index contributed by atoms with van der Waals surface area (Å²) in [6, 6.07) is -0.619. The number of amides is 2. The van der Waals surface area contributed by atoms with Crippen molar-refractivity contribution < 1.29 is 38.9 Å². The lowest BCUT2D eigenvalue weighted by atomic mass is 9.87. The zero-order valence-corrected chi connectivity index (χ0v) is 22.6. The van der Waals surface area contributed by atoms with Crippen LogP contribution in [0.25, 0.3) is 0 Å². The molecule has 0 bridgehead atoms. The molecule has 4 N–H and O–H groups in total. The standard InChI is InChI=1S/C26H46N2O8/c1-7-8-12-20(31)28-21(15(2)3)19(30)14-18(17(5)29)11-9-10-13-27-25(34)24-23(33)22(32)16(4)26(35-6)36-24/h15-16,18,21-24,26,32-33H,7-14H2,1-6H3,(H,27,34)(H,28,31)/t16-,18-,21+,22-,23+,24+,26-/m1/s1. The number of rotatable bonds is 16. The number of methoxy groups -OCH3 is 1. The maximum atomic E-state index is 12.9. The van der Waals surface area contributed by atoms with E-state index in [0.717, 1.165) is 12.8 Å². The van der Waals surface area contributed by atoms with E-state index in [9.17, 15) is 29.4 Å². The van der Waals surface area contributed by atoms with Crippen molar-refractivity contribution in [3.05, 3.63) is 0 Å². The van der Waals surface area contributed by atoms with Gasteiger partial charge in [-0.2, -0.15) is 0 Å². The van der Waals surface area contributed by atoms with Crippen LogP contribution in [-0.2, 0) is 28.7 Å². The first-order chi connectivity index (χ1) is 16.9. The van der Waals surface area contributed by atoms with Gasteiger partial charge in [-0.05, 0) is 32.1 Å². The average Bonchev–Trinajstić information content (AvgIpc) is 2.83. The van der Waals surface area contributed by atoms with Crippen LogP contribution in [0.3, 0.4) is 0 Å². The summed E-state index contributed by atoms with van der Waals surface area (Å²) in [6.45, 7) is 9.15. The van der Waals surface area contributed by atoms with Crippen LogP contribution < -0.4 is 10.6 Å². The maximum Gasteiger partial charge on any atom is 0.252 e. The van der Waals surface area contributed by atoms with Gasteiger partial charge in [-0.1, -0.05) is 40.5 Å². The number of aliphatic hydroxyl groups excluding tert-OH is 2. The van der Waals surface area contributed by atoms with Crippen LogP contribution >= 0.6 is 0 Å². The molecule has 0 radical (unpaired) electrons. The van der Waals surface area contributed by atoms with Crippen molar-refractivity contribution >= 4 is 23.4 Å². The third-order valence-electron chi connectivity index (χ3n) is 6.79. The lowest BCUT2D eigenvalue weighted by Gasteiger charge is -2.39. The number of aliphatic hydroxyl groups is 2. The van der Waals surface area contributed by atoms with Gasteiger partial charge in [-0.25, -0.2) is 0 Å². The van der Waals surface area contributed by atoms with Crippen molar-refractivity contribution in [2.75, 3.05) is 13.7 Å². The number of carbonyl (C=O) groups is 4. The Kier molecular flexibility index (Phi) is 14.3. The fourth-order valence-electron chi connectivity index (χ4n) is 4.34. The summed E-state index contributed by atoms with van der Waals surface area (Å²) in [5.74, 6) is -1.95. The Hall–Kier alpha value is -1.88. The summed E-state index contributed by atoms with van der Waals surface area (Å²) in [6.07, 6.45) is -0.840. The quantitative estimate of drug-likeness (QED) is 0.226. The van der Waals surface area contributed by atoms with Crippen molar-refractivity contribution in [1.29, 1.82) is 0 Å².